The van der Waals surface area contributed by atoms with Crippen molar-refractivity contribution in [1.29, 1.82) is 0 Å². The van der Waals surface area contributed by atoms with E-state index in [0.29, 0.717) is 36.2 Å². The zero-order valence-corrected chi connectivity index (χ0v) is 16.7. The third-order valence-corrected chi connectivity index (χ3v) is 4.97. The molecule has 0 saturated carbocycles. The number of carbonyl (C=O) groups excluding carboxylic acids is 1. The van der Waals surface area contributed by atoms with Gasteiger partial charge in [-0.05, 0) is 37.7 Å². The molecular weight excluding hydrogens is 374 g/mol. The third-order valence-electron chi connectivity index (χ3n) is 3.70. The van der Waals surface area contributed by atoms with E-state index in [0.717, 1.165) is 0 Å². The van der Waals surface area contributed by atoms with Crippen molar-refractivity contribution in [3.63, 3.8) is 0 Å². The Labute approximate surface area is 163 Å². The average Bonchev–Trinajstić information content (AvgIpc) is 3.11. The van der Waals surface area contributed by atoms with Crippen molar-refractivity contribution in [3.8, 4) is 5.75 Å². The SMILES string of the molecule is COCCOc1c(Cl)cccc1NC(=O)NCC(c1cccs1)N(C)C. The molecule has 1 aromatic heterocycles. The van der Waals surface area contributed by atoms with E-state index >= 15 is 0 Å². The van der Waals surface area contributed by atoms with Crippen LogP contribution in [0.1, 0.15) is 10.9 Å². The number of ether oxygens (including phenoxy) is 2. The smallest absolute Gasteiger partial charge is 0.319 e. The van der Waals surface area contributed by atoms with Gasteiger partial charge in [-0.2, -0.15) is 0 Å². The zero-order chi connectivity index (χ0) is 18.9. The van der Waals surface area contributed by atoms with E-state index in [1.807, 2.05) is 25.5 Å². The number of rotatable bonds is 9. The van der Waals surface area contributed by atoms with Crippen LogP contribution in [0.3, 0.4) is 0 Å². The van der Waals surface area contributed by atoms with Gasteiger partial charge in [0.25, 0.3) is 0 Å². The summed E-state index contributed by atoms with van der Waals surface area (Å²) in [6.45, 7) is 1.26. The summed E-state index contributed by atoms with van der Waals surface area (Å²) in [6, 6.07) is 9.08. The highest BCUT2D eigenvalue weighted by Crippen LogP contribution is 2.32. The van der Waals surface area contributed by atoms with E-state index in [1.54, 1.807) is 36.6 Å². The summed E-state index contributed by atoms with van der Waals surface area (Å²) >= 11 is 7.85. The van der Waals surface area contributed by atoms with Crippen molar-refractivity contribution >= 4 is 34.7 Å². The van der Waals surface area contributed by atoms with Crippen LogP contribution in [-0.2, 0) is 4.74 Å². The third kappa shape index (κ3) is 5.88. The van der Waals surface area contributed by atoms with E-state index in [2.05, 4.69) is 21.6 Å². The molecule has 8 heteroatoms. The lowest BCUT2D eigenvalue weighted by Gasteiger charge is -2.23. The number of carbonyl (C=O) groups is 1. The fourth-order valence-corrected chi connectivity index (χ4v) is 3.51. The van der Waals surface area contributed by atoms with Crippen LogP contribution in [-0.4, -0.2) is 51.9 Å². The van der Waals surface area contributed by atoms with Gasteiger partial charge in [-0.1, -0.05) is 23.7 Å². The Balaban J connectivity index is 1.98. The van der Waals surface area contributed by atoms with Crippen LogP contribution < -0.4 is 15.4 Å². The second kappa shape index (κ2) is 10.4. The monoisotopic (exact) mass is 397 g/mol. The van der Waals surface area contributed by atoms with Crippen LogP contribution in [0, 0.1) is 0 Å². The number of nitrogens with one attached hydrogen (secondary N) is 2. The van der Waals surface area contributed by atoms with E-state index < -0.39 is 0 Å². The molecule has 1 unspecified atom stereocenters. The number of amides is 2. The minimum atomic E-state index is -0.313. The van der Waals surface area contributed by atoms with Gasteiger partial charge in [0.2, 0.25) is 0 Å². The van der Waals surface area contributed by atoms with Crippen LogP contribution in [0.5, 0.6) is 5.75 Å². The van der Waals surface area contributed by atoms with Crippen LogP contribution >= 0.6 is 22.9 Å². The van der Waals surface area contributed by atoms with Crippen molar-refractivity contribution in [2.24, 2.45) is 0 Å². The summed E-state index contributed by atoms with van der Waals surface area (Å²) in [7, 11) is 5.57. The first-order valence-corrected chi connectivity index (χ1v) is 9.43. The molecule has 26 heavy (non-hydrogen) atoms. The van der Waals surface area contributed by atoms with Gasteiger partial charge in [-0.25, -0.2) is 4.79 Å². The van der Waals surface area contributed by atoms with Crippen LogP contribution in [0.2, 0.25) is 5.02 Å². The van der Waals surface area contributed by atoms with Gasteiger partial charge in [0.1, 0.15) is 6.61 Å². The molecule has 1 heterocycles. The molecule has 0 radical (unpaired) electrons. The first kappa shape index (κ1) is 20.5. The summed E-state index contributed by atoms with van der Waals surface area (Å²) in [6.07, 6.45) is 0. The Kier molecular flexibility index (Phi) is 8.18. The molecule has 0 bridgehead atoms. The largest absolute Gasteiger partial charge is 0.487 e. The van der Waals surface area contributed by atoms with E-state index in [4.69, 9.17) is 21.1 Å². The fourth-order valence-electron chi connectivity index (χ4n) is 2.36. The molecule has 142 valence electrons. The maximum atomic E-state index is 12.3. The lowest BCUT2D eigenvalue weighted by atomic mass is 10.2. The molecule has 1 aromatic carbocycles. The Morgan fingerprint density at radius 3 is 2.73 bits per heavy atom. The van der Waals surface area contributed by atoms with Crippen molar-refractivity contribution in [2.45, 2.75) is 6.04 Å². The number of anilines is 1. The second-order valence-corrected chi connectivity index (χ2v) is 7.17. The summed E-state index contributed by atoms with van der Waals surface area (Å²) in [4.78, 5) is 15.6. The predicted molar refractivity (Wildman–Crippen MR) is 107 cm³/mol. The number of thiophene rings is 1. The number of nitrogens with zero attached hydrogens (tertiary/aromatic N) is 1. The molecule has 0 fully saturated rings. The second-order valence-electron chi connectivity index (χ2n) is 5.79. The van der Waals surface area contributed by atoms with Crippen LogP contribution in [0.25, 0.3) is 0 Å². The number of halogens is 1. The lowest BCUT2D eigenvalue weighted by molar-refractivity contribution is 0.146. The van der Waals surface area contributed by atoms with Crippen molar-refractivity contribution in [3.05, 3.63) is 45.6 Å². The normalized spacial score (nSPS) is 12.0. The van der Waals surface area contributed by atoms with Gasteiger partial charge in [-0.15, -0.1) is 11.3 Å². The highest BCUT2D eigenvalue weighted by molar-refractivity contribution is 7.10. The highest BCUT2D eigenvalue weighted by Gasteiger charge is 2.17. The van der Waals surface area contributed by atoms with E-state index in [1.165, 1.54) is 4.88 Å². The van der Waals surface area contributed by atoms with Gasteiger partial charge >= 0.3 is 6.03 Å². The number of para-hydroxylation sites is 1. The van der Waals surface area contributed by atoms with Crippen LogP contribution in [0.4, 0.5) is 10.5 Å². The number of urea groups is 1. The molecule has 0 aliphatic carbocycles. The Bertz CT molecular complexity index is 695. The van der Waals surface area contributed by atoms with E-state index in [-0.39, 0.29) is 12.1 Å². The van der Waals surface area contributed by atoms with Gasteiger partial charge in [-0.3, -0.25) is 0 Å². The van der Waals surface area contributed by atoms with Gasteiger partial charge in [0.05, 0.1) is 23.4 Å². The Hall–Kier alpha value is -1.80. The maximum absolute atomic E-state index is 12.3. The van der Waals surface area contributed by atoms with Crippen molar-refractivity contribution in [2.75, 3.05) is 46.3 Å². The summed E-state index contributed by atoms with van der Waals surface area (Å²) in [5.74, 6) is 0.434. The number of hydrogen-bond acceptors (Lipinski definition) is 5. The predicted octanol–water partition coefficient (Wildman–Crippen LogP) is 3.85. The summed E-state index contributed by atoms with van der Waals surface area (Å²) in [5.41, 5.74) is 0.517. The first-order valence-electron chi connectivity index (χ1n) is 8.18. The number of likely N-dealkylation sites (N-methyl/N-ethyl adjacent to an activating group) is 1. The van der Waals surface area contributed by atoms with Crippen molar-refractivity contribution < 1.29 is 14.3 Å². The molecular formula is C18H24ClN3O3S. The number of hydrogen-bond donors (Lipinski definition) is 2. The summed E-state index contributed by atoms with van der Waals surface area (Å²) < 4.78 is 10.6. The van der Waals surface area contributed by atoms with Gasteiger partial charge in [0.15, 0.2) is 5.75 Å². The fraction of sp³-hybridized carbons (Fsp3) is 0.389. The lowest BCUT2D eigenvalue weighted by Crippen LogP contribution is -2.36. The molecule has 0 saturated heterocycles. The molecule has 2 rings (SSSR count). The molecule has 0 spiro atoms. The Morgan fingerprint density at radius 2 is 2.08 bits per heavy atom. The maximum Gasteiger partial charge on any atom is 0.319 e. The standard InChI is InChI=1S/C18H24ClN3O3S/c1-22(2)15(16-8-5-11-26-16)12-20-18(23)21-14-7-4-6-13(19)17(14)25-10-9-24-3/h4-8,11,15H,9-10,12H2,1-3H3,(H2,20,21,23). The van der Waals surface area contributed by atoms with Gasteiger partial charge in [0, 0.05) is 18.5 Å². The quantitative estimate of drug-likeness (QED) is 0.631. The molecule has 1 atom stereocenters. The first-order chi connectivity index (χ1) is 12.5. The average molecular weight is 398 g/mol. The molecule has 2 amide bonds. The number of methoxy groups -OCH3 is 1. The molecule has 2 N–H and O–H groups in total. The molecule has 0 aliphatic heterocycles. The molecule has 0 aliphatic rings. The summed E-state index contributed by atoms with van der Waals surface area (Å²) in [5, 5.41) is 8.17. The molecule has 2 aromatic rings. The van der Waals surface area contributed by atoms with Crippen LogP contribution in [0.15, 0.2) is 35.7 Å². The molecule has 6 nitrogen and oxygen atoms in total. The van der Waals surface area contributed by atoms with Crippen molar-refractivity contribution in [1.82, 2.24) is 10.2 Å². The minimum Gasteiger partial charge on any atom is -0.487 e. The highest BCUT2D eigenvalue weighted by atomic mass is 35.5. The van der Waals surface area contributed by atoms with Gasteiger partial charge < -0.3 is 25.0 Å². The number of benzene rings is 1. The minimum absolute atomic E-state index is 0.109. The topological polar surface area (TPSA) is 62.8 Å². The zero-order valence-electron chi connectivity index (χ0n) is 15.1. The Morgan fingerprint density at radius 1 is 1.27 bits per heavy atom. The van der Waals surface area contributed by atoms with E-state index in [9.17, 15) is 4.79 Å².